The first-order valence-corrected chi connectivity index (χ1v) is 8.63. The molecule has 1 unspecified atom stereocenters. The Bertz CT molecular complexity index is 694. The second-order valence-corrected chi connectivity index (χ2v) is 8.37. The fourth-order valence-electron chi connectivity index (χ4n) is 3.26. The van der Waals surface area contributed by atoms with Crippen molar-refractivity contribution in [1.29, 1.82) is 0 Å². The second kappa shape index (κ2) is 5.39. The van der Waals surface area contributed by atoms with Gasteiger partial charge in [0, 0.05) is 18.3 Å². The Balaban J connectivity index is 1.98. The molecule has 3 nitrogen and oxygen atoms in total. The summed E-state index contributed by atoms with van der Waals surface area (Å²) in [6.45, 7) is 6.84. The number of hydrogen-bond donors (Lipinski definition) is 1. The van der Waals surface area contributed by atoms with Crippen LogP contribution in [0.4, 0.5) is 5.69 Å². The van der Waals surface area contributed by atoms with Gasteiger partial charge in [0.1, 0.15) is 4.32 Å². The lowest BCUT2D eigenvalue weighted by atomic mass is 9.80. The van der Waals surface area contributed by atoms with Gasteiger partial charge in [-0.15, -0.1) is 0 Å². The number of benzene rings is 1. The third kappa shape index (κ3) is 2.68. The minimum atomic E-state index is -0.0981. The van der Waals surface area contributed by atoms with E-state index in [-0.39, 0.29) is 11.4 Å². The molecule has 0 radical (unpaired) electrons. The van der Waals surface area contributed by atoms with Crippen molar-refractivity contribution >= 4 is 46.0 Å². The molecule has 1 atom stereocenters. The van der Waals surface area contributed by atoms with Gasteiger partial charge in [0.05, 0.1) is 4.91 Å². The van der Waals surface area contributed by atoms with Gasteiger partial charge in [-0.2, -0.15) is 0 Å². The van der Waals surface area contributed by atoms with E-state index in [4.69, 9.17) is 12.2 Å². The van der Waals surface area contributed by atoms with Crippen molar-refractivity contribution in [2.75, 3.05) is 11.9 Å². The van der Waals surface area contributed by atoms with E-state index in [1.54, 1.807) is 0 Å². The summed E-state index contributed by atoms with van der Waals surface area (Å²) in [6, 6.07) is 6.44. The third-order valence-electron chi connectivity index (χ3n) is 4.60. The van der Waals surface area contributed by atoms with Crippen molar-refractivity contribution in [3.8, 4) is 0 Å². The molecular weight excluding hydrogens is 312 g/mol. The van der Waals surface area contributed by atoms with E-state index in [9.17, 15) is 4.79 Å². The minimum absolute atomic E-state index is 0.0981. The summed E-state index contributed by atoms with van der Waals surface area (Å²) in [5, 5.41) is 2.65. The molecule has 1 aromatic carbocycles. The summed E-state index contributed by atoms with van der Waals surface area (Å²) in [7, 11) is 2.15. The smallest absolute Gasteiger partial charge is 0.263 e. The number of nitrogens with zero attached hydrogens (tertiary/aromatic N) is 1. The van der Waals surface area contributed by atoms with Crippen LogP contribution in [0.5, 0.6) is 0 Å². The second-order valence-electron chi connectivity index (χ2n) is 6.65. The van der Waals surface area contributed by atoms with Crippen LogP contribution in [0.2, 0.25) is 0 Å². The maximum atomic E-state index is 11.8. The molecule has 0 aromatic heterocycles. The molecule has 0 saturated carbocycles. The summed E-state index contributed by atoms with van der Waals surface area (Å²) < 4.78 is 0.532. The maximum Gasteiger partial charge on any atom is 0.263 e. The van der Waals surface area contributed by atoms with E-state index in [0.717, 1.165) is 12.0 Å². The lowest BCUT2D eigenvalue weighted by Crippen LogP contribution is -2.45. The van der Waals surface area contributed by atoms with E-state index in [0.29, 0.717) is 15.1 Å². The van der Waals surface area contributed by atoms with Gasteiger partial charge in [0.25, 0.3) is 5.91 Å². The predicted molar refractivity (Wildman–Crippen MR) is 98.3 cm³/mol. The molecule has 3 rings (SSSR count). The van der Waals surface area contributed by atoms with E-state index >= 15 is 0 Å². The average molecular weight is 332 g/mol. The lowest BCUT2D eigenvalue weighted by molar-refractivity contribution is -0.115. The highest BCUT2D eigenvalue weighted by Crippen LogP contribution is 2.43. The Morgan fingerprint density at radius 3 is 2.82 bits per heavy atom. The molecule has 5 heteroatoms. The average Bonchev–Trinajstić information content (AvgIpc) is 2.74. The van der Waals surface area contributed by atoms with Crippen LogP contribution in [0.3, 0.4) is 0 Å². The molecule has 1 saturated heterocycles. The number of carbonyl (C=O) groups is 1. The van der Waals surface area contributed by atoms with Crippen molar-refractivity contribution in [3.05, 3.63) is 34.2 Å². The number of thiocarbonyl (C=S) groups is 1. The summed E-state index contributed by atoms with van der Waals surface area (Å²) >= 11 is 6.36. The van der Waals surface area contributed by atoms with Gasteiger partial charge in [0.15, 0.2) is 0 Å². The topological polar surface area (TPSA) is 32.3 Å². The summed E-state index contributed by atoms with van der Waals surface area (Å²) in [6.07, 6.45) is 3.04. The first-order valence-electron chi connectivity index (χ1n) is 7.40. The van der Waals surface area contributed by atoms with Gasteiger partial charge in [-0.25, -0.2) is 0 Å². The van der Waals surface area contributed by atoms with Gasteiger partial charge in [-0.05, 0) is 55.5 Å². The Morgan fingerprint density at radius 2 is 2.18 bits per heavy atom. The summed E-state index contributed by atoms with van der Waals surface area (Å²) in [4.78, 5) is 14.8. The SMILES string of the molecule is CC1CC(C)(C)N(C)c2ccc(/C=C3/SC(=S)NC3=O)cc21. The third-order valence-corrected chi connectivity index (χ3v) is 5.76. The van der Waals surface area contributed by atoms with Crippen molar-refractivity contribution in [1.82, 2.24) is 5.32 Å². The summed E-state index contributed by atoms with van der Waals surface area (Å²) in [5.41, 5.74) is 3.85. The quantitative estimate of drug-likeness (QED) is 0.624. The molecule has 0 bridgehead atoms. The lowest BCUT2D eigenvalue weighted by Gasteiger charge is -2.45. The van der Waals surface area contributed by atoms with Crippen LogP contribution < -0.4 is 10.2 Å². The van der Waals surface area contributed by atoms with Crippen LogP contribution in [-0.2, 0) is 4.79 Å². The highest BCUT2D eigenvalue weighted by Gasteiger charge is 2.34. The van der Waals surface area contributed by atoms with E-state index in [1.165, 1.54) is 23.0 Å². The molecular formula is C17H20N2OS2. The van der Waals surface area contributed by atoms with Crippen LogP contribution in [0.25, 0.3) is 6.08 Å². The molecule has 22 heavy (non-hydrogen) atoms. The molecule has 0 aliphatic carbocycles. The van der Waals surface area contributed by atoms with Crippen LogP contribution in [0.1, 0.15) is 44.2 Å². The Hall–Kier alpha value is -1.33. The van der Waals surface area contributed by atoms with Crippen LogP contribution >= 0.6 is 24.0 Å². The number of anilines is 1. The number of fused-ring (bicyclic) bond motifs is 1. The first-order chi connectivity index (χ1) is 10.3. The predicted octanol–water partition coefficient (Wildman–Crippen LogP) is 3.90. The number of amides is 1. The van der Waals surface area contributed by atoms with E-state index in [2.05, 4.69) is 56.2 Å². The molecule has 2 heterocycles. The van der Waals surface area contributed by atoms with E-state index < -0.39 is 0 Å². The standard InChI is InChI=1S/C17H20N2OS2/c1-10-9-17(2,3)19(4)13-6-5-11(7-12(10)13)8-14-15(20)18-16(21)22-14/h5-8,10H,9H2,1-4H3,(H,18,20,21)/b14-8+. The van der Waals surface area contributed by atoms with Gasteiger partial charge in [0.2, 0.25) is 0 Å². The molecule has 2 aliphatic heterocycles. The Labute approximate surface area is 141 Å². The first kappa shape index (κ1) is 15.6. The van der Waals surface area contributed by atoms with Gasteiger partial charge < -0.3 is 10.2 Å². The highest BCUT2D eigenvalue weighted by molar-refractivity contribution is 8.26. The van der Waals surface area contributed by atoms with Crippen molar-refractivity contribution in [3.63, 3.8) is 0 Å². The Morgan fingerprint density at radius 1 is 1.45 bits per heavy atom. The van der Waals surface area contributed by atoms with Gasteiger partial charge >= 0.3 is 0 Å². The Kier molecular flexibility index (Phi) is 3.81. The number of carbonyl (C=O) groups excluding carboxylic acids is 1. The number of thioether (sulfide) groups is 1. The van der Waals surface area contributed by atoms with E-state index in [1.807, 2.05) is 6.08 Å². The molecule has 116 valence electrons. The van der Waals surface area contributed by atoms with Crippen LogP contribution in [0.15, 0.2) is 23.1 Å². The molecule has 0 spiro atoms. The van der Waals surface area contributed by atoms with Gasteiger partial charge in [-0.1, -0.05) is 37.0 Å². The molecule has 1 fully saturated rings. The number of nitrogens with one attached hydrogen (secondary N) is 1. The number of rotatable bonds is 1. The zero-order chi connectivity index (χ0) is 16.1. The molecule has 2 aliphatic rings. The zero-order valence-electron chi connectivity index (χ0n) is 13.3. The van der Waals surface area contributed by atoms with Crippen molar-refractivity contribution in [2.24, 2.45) is 0 Å². The largest absolute Gasteiger partial charge is 0.369 e. The summed E-state index contributed by atoms with van der Waals surface area (Å²) in [5.74, 6) is 0.407. The maximum absolute atomic E-state index is 11.8. The minimum Gasteiger partial charge on any atom is -0.369 e. The van der Waals surface area contributed by atoms with Crippen LogP contribution in [-0.4, -0.2) is 22.8 Å². The van der Waals surface area contributed by atoms with Crippen molar-refractivity contribution < 1.29 is 4.79 Å². The normalized spacial score (nSPS) is 25.4. The van der Waals surface area contributed by atoms with Crippen molar-refractivity contribution in [2.45, 2.75) is 38.6 Å². The highest BCUT2D eigenvalue weighted by atomic mass is 32.2. The fraction of sp³-hybridized carbons (Fsp3) is 0.412. The molecule has 1 amide bonds. The monoisotopic (exact) mass is 332 g/mol. The van der Waals surface area contributed by atoms with Gasteiger partial charge in [-0.3, -0.25) is 4.79 Å². The fourth-order valence-corrected chi connectivity index (χ4v) is 4.30. The number of hydrogen-bond acceptors (Lipinski definition) is 4. The molecule has 1 aromatic rings. The molecule has 1 N–H and O–H groups in total. The zero-order valence-corrected chi connectivity index (χ0v) is 14.9. The van der Waals surface area contributed by atoms with Crippen LogP contribution in [0, 0.1) is 0 Å².